The normalized spacial score (nSPS) is 15.3. The molecule has 19 heteroatoms. The molecule has 2 fully saturated rings. The Balaban J connectivity index is 0. The molecule has 0 amide bonds. The summed E-state index contributed by atoms with van der Waals surface area (Å²) in [7, 11) is 0. The second-order valence-corrected chi connectivity index (χ2v) is 14.7. The van der Waals surface area contributed by atoms with Gasteiger partial charge in [-0.05, 0) is 105 Å². The van der Waals surface area contributed by atoms with E-state index in [0.717, 1.165) is 55.5 Å². The van der Waals surface area contributed by atoms with Crippen LogP contribution in [0.5, 0.6) is 11.5 Å². The number of carbonyl (C=O) groups excluding carboxylic acids is 4. The molecule has 11 nitrogen and oxygen atoms in total. The number of quaternary nitrogens is 1. The number of ketones is 2. The smallest absolute Gasteiger partial charge is 1.00 e. The van der Waals surface area contributed by atoms with Crippen molar-refractivity contribution in [1.82, 2.24) is 4.90 Å². The van der Waals surface area contributed by atoms with Crippen molar-refractivity contribution in [1.29, 1.82) is 0 Å². The molecule has 328 valence electrons. The van der Waals surface area contributed by atoms with Gasteiger partial charge in [0.2, 0.25) is 0 Å². The number of ether oxygens (including phenoxy) is 2. The van der Waals surface area contributed by atoms with Gasteiger partial charge < -0.3 is 36.3 Å². The number of nitrogens with zero attached hydrogens (tertiary/aromatic N) is 1. The van der Waals surface area contributed by atoms with Crippen molar-refractivity contribution in [2.75, 3.05) is 51.3 Å². The van der Waals surface area contributed by atoms with Gasteiger partial charge >= 0.3 is 109 Å². The molecule has 4 aromatic rings. The number of aliphatic carboxylic acids is 1. The van der Waals surface area contributed by atoms with Crippen LogP contribution in [-0.4, -0.2) is 86.4 Å². The Morgan fingerprint density at radius 3 is 1.61 bits per heavy atom. The predicted octanol–water partition coefficient (Wildman–Crippen LogP) is 0.124. The first-order valence-electron chi connectivity index (χ1n) is 18.8. The summed E-state index contributed by atoms with van der Waals surface area (Å²) < 4.78 is 43.1. The quantitative estimate of drug-likeness (QED) is 0.0516. The largest absolute Gasteiger partial charge is 1.00 e. The Bertz CT molecular complexity index is 1830. The van der Waals surface area contributed by atoms with E-state index in [2.05, 4.69) is 31.0 Å². The molecule has 62 heavy (non-hydrogen) atoms. The maximum Gasteiger partial charge on any atom is 1.00 e. The van der Waals surface area contributed by atoms with Gasteiger partial charge in [0.25, 0.3) is 6.47 Å². The Morgan fingerprint density at radius 2 is 1.21 bits per heavy atom. The Morgan fingerprint density at radius 1 is 0.774 bits per heavy atom. The van der Waals surface area contributed by atoms with E-state index in [1.807, 2.05) is 60.7 Å². The first-order chi connectivity index (χ1) is 28.7. The van der Waals surface area contributed by atoms with Crippen LogP contribution in [0.4, 0.5) is 13.2 Å². The van der Waals surface area contributed by atoms with Crippen molar-refractivity contribution >= 4 is 63.1 Å². The molecule has 0 bridgehead atoms. The number of Topliss-reactive ketones (excluding diaryl/α,β-unsaturated/α-hetero) is 2. The Kier molecular flexibility index (Phi) is 35.2. The van der Waals surface area contributed by atoms with Crippen molar-refractivity contribution in [3.63, 3.8) is 0 Å². The summed E-state index contributed by atoms with van der Waals surface area (Å²) in [5.41, 5.74) is 1.41. The molecule has 2 aliphatic rings. The molecular formula is C43H48BrCl2F3K2N2O9. The second kappa shape index (κ2) is 36.0. The van der Waals surface area contributed by atoms with Crippen molar-refractivity contribution in [3.8, 4) is 11.5 Å². The van der Waals surface area contributed by atoms with Crippen LogP contribution in [0.1, 0.15) is 47.8 Å². The van der Waals surface area contributed by atoms with Crippen molar-refractivity contribution < 1.29 is 167 Å². The van der Waals surface area contributed by atoms with Gasteiger partial charge in [0.1, 0.15) is 17.5 Å². The monoisotopic (exact) mass is 1020 g/mol. The second-order valence-electron chi connectivity index (χ2n) is 13.3. The SMILES string of the molecule is O=C(CBr)c1ccc(Cl)cc1.O=C(CN1CCCC(COc2ccccc2)C1)c1ccc(Cl)cc1.O=C([O-])C(F)(F)F.O=CO[O-].[H-].[K+].[K+].c1ccc(OCC2CCC[NH2+]C2)cc1. The molecule has 2 heterocycles. The van der Waals surface area contributed by atoms with Gasteiger partial charge in [-0.2, -0.15) is 13.2 Å². The first-order valence-corrected chi connectivity index (χ1v) is 20.7. The van der Waals surface area contributed by atoms with Gasteiger partial charge in [-0.1, -0.05) is 75.5 Å². The third-order valence-electron chi connectivity index (χ3n) is 8.67. The average molecular weight is 1020 g/mol. The number of hydrogen-bond donors (Lipinski definition) is 1. The Hall–Kier alpha value is -1.24. The van der Waals surface area contributed by atoms with E-state index in [0.29, 0.717) is 40.0 Å². The maximum atomic E-state index is 12.4. The number of benzene rings is 4. The summed E-state index contributed by atoms with van der Waals surface area (Å²) in [5.74, 6) is 0.330. The summed E-state index contributed by atoms with van der Waals surface area (Å²) in [6, 6.07) is 33.9. The zero-order valence-corrected chi connectivity index (χ0v) is 43.9. The molecule has 0 aliphatic carbocycles. The molecule has 2 aliphatic heterocycles. The van der Waals surface area contributed by atoms with Gasteiger partial charge in [0.05, 0.1) is 38.2 Å². The van der Waals surface area contributed by atoms with Crippen LogP contribution in [0.2, 0.25) is 10.0 Å². The fourth-order valence-electron chi connectivity index (χ4n) is 5.71. The standard InChI is InChI=1S/C20H22ClNO2.C12H17NO.C8H6BrClO.C2HF3O2.CH2O3.2K.H/c21-18-10-8-17(9-11-18)20(23)14-22-12-4-5-16(13-22)15-24-19-6-2-1-3-7-19;1-2-6-12(7-3-1)14-10-11-5-4-8-13-9-11;9-5-8(11)6-1-3-7(10)4-2-6;3-2(4,5)1(6)7;2-1-4-3;;;/h1-3,6-11,16H,4-5,12-15H2;1-3,6-7,11,13H,4-5,8-10H2;1-4H,5H2;(H,6,7);1,3H;;;/q;;;;;2*+1;-1/p-1. The van der Waals surface area contributed by atoms with E-state index in [1.165, 1.54) is 25.9 Å². The fraction of sp³-hybridized carbons (Fsp3) is 0.349. The zero-order chi connectivity index (χ0) is 44.2. The van der Waals surface area contributed by atoms with Gasteiger partial charge in [0, 0.05) is 39.6 Å². The summed E-state index contributed by atoms with van der Waals surface area (Å²) in [5, 5.41) is 21.3. The zero-order valence-electron chi connectivity index (χ0n) is 35.6. The molecule has 4 aromatic carbocycles. The number of likely N-dealkylation sites (tertiary alicyclic amines) is 1. The van der Waals surface area contributed by atoms with E-state index in [4.69, 9.17) is 52.6 Å². The minimum absolute atomic E-state index is 0. The number of alkyl halides is 4. The van der Waals surface area contributed by atoms with Crippen molar-refractivity contribution in [2.24, 2.45) is 11.8 Å². The third kappa shape index (κ3) is 27.9. The number of carbonyl (C=O) groups is 4. The van der Waals surface area contributed by atoms with Crippen molar-refractivity contribution in [2.45, 2.75) is 31.9 Å². The summed E-state index contributed by atoms with van der Waals surface area (Å²) >= 11 is 14.6. The average Bonchev–Trinajstić information content (AvgIpc) is 3.27. The molecule has 0 spiro atoms. The van der Waals surface area contributed by atoms with E-state index >= 15 is 0 Å². The van der Waals surface area contributed by atoms with Gasteiger partial charge in [-0.15, -0.1) is 0 Å². The fourth-order valence-corrected chi connectivity index (χ4v) is 6.28. The summed E-state index contributed by atoms with van der Waals surface area (Å²) in [6.07, 6.45) is -0.276. The van der Waals surface area contributed by atoms with Crippen molar-refractivity contribution in [3.05, 3.63) is 130 Å². The third-order valence-corrected chi connectivity index (χ3v) is 9.69. The minimum atomic E-state index is -5.19. The molecule has 0 saturated carbocycles. The van der Waals surface area contributed by atoms with Crippen LogP contribution in [0.15, 0.2) is 109 Å². The van der Waals surface area contributed by atoms with Crippen LogP contribution in [0, 0.1) is 11.8 Å². The number of rotatable bonds is 12. The number of nitrogens with two attached hydrogens (primary N) is 1. The van der Waals surface area contributed by atoms with Gasteiger partial charge in [-0.25, -0.2) is 0 Å². The van der Waals surface area contributed by atoms with Crippen LogP contribution in [0.3, 0.4) is 0 Å². The number of hydrogen-bond acceptors (Lipinski definition) is 10. The van der Waals surface area contributed by atoms with Crippen LogP contribution in [-0.2, 0) is 14.5 Å². The topological polar surface area (TPSA) is 162 Å². The predicted molar refractivity (Wildman–Crippen MR) is 222 cm³/mol. The van der Waals surface area contributed by atoms with E-state index in [1.54, 1.807) is 48.5 Å². The number of piperidine rings is 2. The number of para-hydroxylation sites is 2. The van der Waals surface area contributed by atoms with Crippen LogP contribution < -0.4 is 128 Å². The summed E-state index contributed by atoms with van der Waals surface area (Å²) in [6.45, 7) is 6.27. The van der Waals surface area contributed by atoms with E-state index in [-0.39, 0.29) is 122 Å². The van der Waals surface area contributed by atoms with Gasteiger partial charge in [-0.3, -0.25) is 19.3 Å². The molecule has 6 rings (SSSR count). The number of halogens is 6. The molecule has 2 saturated heterocycles. The molecule has 2 atom stereocenters. The maximum absolute atomic E-state index is 12.4. The number of carboxylic acid groups (broad SMARTS) is 1. The van der Waals surface area contributed by atoms with E-state index < -0.39 is 12.1 Å². The minimum Gasteiger partial charge on any atom is -1.00 e. The molecule has 2 N–H and O–H groups in total. The number of carboxylic acids is 1. The molecular weight excluding hydrogens is 974 g/mol. The molecule has 2 unspecified atom stereocenters. The summed E-state index contributed by atoms with van der Waals surface area (Å²) in [4.78, 5) is 45.7. The van der Waals surface area contributed by atoms with Crippen LogP contribution >= 0.6 is 39.1 Å². The van der Waals surface area contributed by atoms with Gasteiger partial charge in [0.15, 0.2) is 11.6 Å². The molecule has 0 radical (unpaired) electrons. The Labute approximate surface area is 465 Å². The molecule has 0 aromatic heterocycles. The van der Waals surface area contributed by atoms with E-state index in [9.17, 15) is 22.8 Å². The van der Waals surface area contributed by atoms with Crippen LogP contribution in [0.25, 0.3) is 0 Å². The first kappa shape index (κ1) is 60.8.